The molecule has 1 aromatic rings. The maximum Gasteiger partial charge on any atom is 0.162 e. The van der Waals surface area contributed by atoms with Crippen molar-refractivity contribution in [2.45, 2.75) is 52.5 Å². The highest BCUT2D eigenvalue weighted by molar-refractivity contribution is 6.31. The van der Waals surface area contributed by atoms with Crippen molar-refractivity contribution in [1.29, 1.82) is 0 Å². The van der Waals surface area contributed by atoms with Crippen LogP contribution in [0.4, 0.5) is 0 Å². The van der Waals surface area contributed by atoms with Gasteiger partial charge < -0.3 is 15.2 Å². The van der Waals surface area contributed by atoms with Crippen LogP contribution in [0.5, 0.6) is 11.5 Å². The van der Waals surface area contributed by atoms with Crippen molar-refractivity contribution >= 4 is 11.6 Å². The molecule has 1 rings (SSSR count). The first kappa shape index (κ1) is 17.1. The Morgan fingerprint density at radius 2 is 1.55 bits per heavy atom. The fourth-order valence-electron chi connectivity index (χ4n) is 1.95. The minimum Gasteiger partial charge on any atom is -0.490 e. The highest BCUT2D eigenvalue weighted by Gasteiger charge is 2.15. The predicted octanol–water partition coefficient (Wildman–Crippen LogP) is 4.72. The van der Waals surface area contributed by atoms with Crippen LogP contribution >= 0.6 is 11.6 Å². The number of rotatable bonds is 9. The molecule has 0 saturated carbocycles. The Morgan fingerprint density at radius 3 is 2.05 bits per heavy atom. The maximum absolute atomic E-state index is 6.33. The molecule has 20 heavy (non-hydrogen) atoms. The van der Waals surface area contributed by atoms with Gasteiger partial charge in [0.1, 0.15) is 0 Å². The van der Waals surface area contributed by atoms with Gasteiger partial charge in [-0.2, -0.15) is 0 Å². The molecule has 1 atom stereocenters. The van der Waals surface area contributed by atoms with Crippen LogP contribution in [0, 0.1) is 0 Å². The first-order valence-corrected chi connectivity index (χ1v) is 7.86. The van der Waals surface area contributed by atoms with Gasteiger partial charge in [0.25, 0.3) is 0 Å². The summed E-state index contributed by atoms with van der Waals surface area (Å²) in [7, 11) is 0. The van der Waals surface area contributed by atoms with Crippen molar-refractivity contribution in [1.82, 2.24) is 0 Å². The number of ether oxygens (including phenoxy) is 2. The zero-order valence-corrected chi connectivity index (χ0v) is 13.5. The average Bonchev–Trinajstić information content (AvgIpc) is 2.44. The molecule has 0 fully saturated rings. The first-order valence-electron chi connectivity index (χ1n) is 7.48. The van der Waals surface area contributed by atoms with Gasteiger partial charge in [-0.25, -0.2) is 0 Å². The quantitative estimate of drug-likeness (QED) is 0.717. The van der Waals surface area contributed by atoms with Crippen molar-refractivity contribution in [3.05, 3.63) is 22.7 Å². The third kappa shape index (κ3) is 4.88. The van der Waals surface area contributed by atoms with Gasteiger partial charge in [-0.15, -0.1) is 0 Å². The van der Waals surface area contributed by atoms with Crippen LogP contribution < -0.4 is 15.2 Å². The summed E-state index contributed by atoms with van der Waals surface area (Å²) < 4.78 is 11.5. The lowest BCUT2D eigenvalue weighted by Gasteiger charge is -2.18. The van der Waals surface area contributed by atoms with Crippen LogP contribution in [0.2, 0.25) is 5.02 Å². The minimum atomic E-state index is -0.0586. The second-order valence-corrected chi connectivity index (χ2v) is 5.32. The van der Waals surface area contributed by atoms with E-state index in [1.54, 1.807) is 0 Å². The summed E-state index contributed by atoms with van der Waals surface area (Å²) in [6, 6.07) is 3.70. The third-order valence-corrected chi connectivity index (χ3v) is 3.31. The van der Waals surface area contributed by atoms with Crippen LogP contribution in [0.25, 0.3) is 0 Å². The lowest BCUT2D eigenvalue weighted by molar-refractivity contribution is 0.268. The Hall–Kier alpha value is -0.930. The Labute approximate surface area is 127 Å². The van der Waals surface area contributed by atoms with E-state index in [1.807, 2.05) is 12.1 Å². The molecule has 0 amide bonds. The molecule has 0 aliphatic heterocycles. The van der Waals surface area contributed by atoms with E-state index in [0.717, 1.165) is 37.0 Å². The Bertz CT molecular complexity index is 410. The Morgan fingerprint density at radius 1 is 1.00 bits per heavy atom. The summed E-state index contributed by atoms with van der Waals surface area (Å²) in [5.74, 6) is 1.45. The third-order valence-electron chi connectivity index (χ3n) is 2.99. The van der Waals surface area contributed by atoms with E-state index in [-0.39, 0.29) is 6.04 Å². The first-order chi connectivity index (χ1) is 9.63. The van der Waals surface area contributed by atoms with Crippen LogP contribution in [-0.4, -0.2) is 13.2 Å². The molecule has 2 N–H and O–H groups in total. The summed E-state index contributed by atoms with van der Waals surface area (Å²) in [6.45, 7) is 7.57. The molecule has 0 spiro atoms. The number of nitrogens with two attached hydrogens (primary N) is 1. The molecule has 3 nitrogen and oxygen atoms in total. The molecule has 0 aliphatic carbocycles. The normalized spacial score (nSPS) is 12.2. The van der Waals surface area contributed by atoms with Crippen molar-refractivity contribution in [3.8, 4) is 11.5 Å². The van der Waals surface area contributed by atoms with E-state index in [0.29, 0.717) is 24.0 Å². The van der Waals surface area contributed by atoms with Crippen molar-refractivity contribution in [2.75, 3.05) is 13.2 Å². The van der Waals surface area contributed by atoms with Crippen LogP contribution in [0.1, 0.15) is 58.1 Å². The monoisotopic (exact) mass is 299 g/mol. The molecule has 0 aromatic heterocycles. The zero-order chi connectivity index (χ0) is 15.0. The fourth-order valence-corrected chi connectivity index (χ4v) is 2.24. The van der Waals surface area contributed by atoms with Gasteiger partial charge in [0.2, 0.25) is 0 Å². The number of benzene rings is 1. The van der Waals surface area contributed by atoms with E-state index in [4.69, 9.17) is 26.8 Å². The maximum atomic E-state index is 6.33. The number of halogens is 1. The lowest BCUT2D eigenvalue weighted by Crippen LogP contribution is -2.11. The van der Waals surface area contributed by atoms with E-state index >= 15 is 0 Å². The van der Waals surface area contributed by atoms with Gasteiger partial charge in [0.05, 0.1) is 13.2 Å². The summed E-state index contributed by atoms with van der Waals surface area (Å²) in [6.07, 6.45) is 3.83. The molecule has 0 bridgehead atoms. The predicted molar refractivity (Wildman–Crippen MR) is 84.9 cm³/mol. The molecule has 1 aromatic carbocycles. The Balaban J connectivity index is 3.03. The van der Waals surface area contributed by atoms with Crippen LogP contribution in [-0.2, 0) is 0 Å². The van der Waals surface area contributed by atoms with Crippen molar-refractivity contribution in [3.63, 3.8) is 0 Å². The van der Waals surface area contributed by atoms with E-state index in [1.165, 1.54) is 0 Å². The summed E-state index contributed by atoms with van der Waals surface area (Å²) in [5, 5.41) is 0.654. The molecular formula is C16H26ClNO2. The molecule has 0 heterocycles. The Kier molecular flexibility index (Phi) is 7.78. The fraction of sp³-hybridized carbons (Fsp3) is 0.625. The summed E-state index contributed by atoms with van der Waals surface area (Å²) in [5.41, 5.74) is 7.11. The highest BCUT2D eigenvalue weighted by Crippen LogP contribution is 2.36. The van der Waals surface area contributed by atoms with E-state index < -0.39 is 0 Å². The van der Waals surface area contributed by atoms with Gasteiger partial charge in [0, 0.05) is 17.1 Å². The largest absolute Gasteiger partial charge is 0.490 e. The number of hydrogen-bond acceptors (Lipinski definition) is 3. The molecule has 1 unspecified atom stereocenters. The van der Waals surface area contributed by atoms with Crippen LogP contribution in [0.3, 0.4) is 0 Å². The second-order valence-electron chi connectivity index (χ2n) is 4.91. The number of hydrogen-bond donors (Lipinski definition) is 1. The van der Waals surface area contributed by atoms with Crippen molar-refractivity contribution < 1.29 is 9.47 Å². The van der Waals surface area contributed by atoms with Gasteiger partial charge in [-0.05, 0) is 30.9 Å². The van der Waals surface area contributed by atoms with Crippen molar-refractivity contribution in [2.24, 2.45) is 5.73 Å². The zero-order valence-electron chi connectivity index (χ0n) is 12.7. The van der Waals surface area contributed by atoms with Gasteiger partial charge in [0.15, 0.2) is 11.5 Å². The van der Waals surface area contributed by atoms with Gasteiger partial charge in [-0.1, -0.05) is 38.8 Å². The molecule has 4 heteroatoms. The molecule has 114 valence electrons. The van der Waals surface area contributed by atoms with Gasteiger partial charge in [-0.3, -0.25) is 0 Å². The van der Waals surface area contributed by atoms with Gasteiger partial charge >= 0.3 is 0 Å². The summed E-state index contributed by atoms with van der Waals surface area (Å²) >= 11 is 6.33. The smallest absolute Gasteiger partial charge is 0.162 e. The van der Waals surface area contributed by atoms with E-state index in [2.05, 4.69) is 20.8 Å². The molecule has 0 radical (unpaired) electrons. The molecule has 0 saturated heterocycles. The highest BCUT2D eigenvalue weighted by atomic mass is 35.5. The second kappa shape index (κ2) is 9.09. The SMILES string of the molecule is CCCOc1cc(Cl)c(C(N)CCC)cc1OCCC. The minimum absolute atomic E-state index is 0.0586. The van der Waals surface area contributed by atoms with Crippen LogP contribution in [0.15, 0.2) is 12.1 Å². The summed E-state index contributed by atoms with van der Waals surface area (Å²) in [4.78, 5) is 0. The van der Waals surface area contributed by atoms with E-state index in [9.17, 15) is 0 Å². The topological polar surface area (TPSA) is 44.5 Å². The lowest BCUT2D eigenvalue weighted by atomic mass is 10.0. The molecular weight excluding hydrogens is 274 g/mol. The average molecular weight is 300 g/mol. The molecule has 0 aliphatic rings. The standard InChI is InChI=1S/C16H26ClNO2/c1-4-7-14(18)12-10-15(19-8-5-2)16(11-13(12)17)20-9-6-3/h10-11,14H,4-9,18H2,1-3H3.